The molecule has 0 N–H and O–H groups in total. The van der Waals surface area contributed by atoms with Crippen molar-refractivity contribution in [2.75, 3.05) is 0 Å². The molecule has 0 fully saturated rings. The van der Waals surface area contributed by atoms with Gasteiger partial charge in [0.05, 0.1) is 4.83 Å². The van der Waals surface area contributed by atoms with E-state index in [1.54, 1.807) is 0 Å². The fourth-order valence-corrected chi connectivity index (χ4v) is 3.75. The van der Waals surface area contributed by atoms with E-state index in [-0.39, 0.29) is 4.83 Å². The molecule has 0 saturated carbocycles. The summed E-state index contributed by atoms with van der Waals surface area (Å²) in [5, 5.41) is 0. The summed E-state index contributed by atoms with van der Waals surface area (Å²) in [6.45, 7) is 10.4. The molecule has 2 rings (SSSR count). The van der Waals surface area contributed by atoms with E-state index in [0.29, 0.717) is 5.56 Å². The lowest BCUT2D eigenvalue weighted by Crippen LogP contribution is -2.06. The van der Waals surface area contributed by atoms with Crippen LogP contribution in [0.15, 0.2) is 18.2 Å². The summed E-state index contributed by atoms with van der Waals surface area (Å²) in [4.78, 5) is -0.222. The molecule has 2 aromatic rings. The van der Waals surface area contributed by atoms with E-state index in [4.69, 9.17) is 0 Å². The zero-order valence-corrected chi connectivity index (χ0v) is 14.5. The van der Waals surface area contributed by atoms with Gasteiger partial charge in [-0.3, -0.25) is 0 Å². The number of benzene rings is 2. The van der Waals surface area contributed by atoms with E-state index in [2.05, 4.69) is 50.5 Å². The van der Waals surface area contributed by atoms with Gasteiger partial charge in [-0.05, 0) is 85.7 Å². The standard InChI is InChI=1S/C18H19BrF2/c1-9-10(2)12(4)17(13(5)11(9)3)18(19)14-6-15(20)8-16(21)7-14/h6-8,18H,1-5H3. The van der Waals surface area contributed by atoms with Gasteiger partial charge < -0.3 is 0 Å². The predicted molar refractivity (Wildman–Crippen MR) is 87.3 cm³/mol. The van der Waals surface area contributed by atoms with Gasteiger partial charge in [-0.25, -0.2) is 8.78 Å². The van der Waals surface area contributed by atoms with Crippen molar-refractivity contribution in [1.29, 1.82) is 0 Å². The molecule has 21 heavy (non-hydrogen) atoms. The predicted octanol–water partition coefficient (Wildman–Crippen LogP) is 5.99. The smallest absolute Gasteiger partial charge is 0.126 e. The number of hydrogen-bond donors (Lipinski definition) is 0. The summed E-state index contributed by atoms with van der Waals surface area (Å²) >= 11 is 3.62. The first-order valence-electron chi connectivity index (χ1n) is 6.91. The van der Waals surface area contributed by atoms with Gasteiger partial charge in [-0.15, -0.1) is 0 Å². The highest BCUT2D eigenvalue weighted by atomic mass is 79.9. The lowest BCUT2D eigenvalue weighted by Gasteiger charge is -2.22. The largest absolute Gasteiger partial charge is 0.207 e. The van der Waals surface area contributed by atoms with Gasteiger partial charge in [0, 0.05) is 6.07 Å². The maximum atomic E-state index is 13.5. The number of alkyl halides is 1. The fourth-order valence-electron chi connectivity index (χ4n) is 2.80. The van der Waals surface area contributed by atoms with Crippen molar-refractivity contribution in [3.8, 4) is 0 Å². The molecule has 0 aliphatic carbocycles. The molecule has 3 heteroatoms. The Labute approximate surface area is 133 Å². The van der Waals surface area contributed by atoms with Crippen LogP contribution in [-0.2, 0) is 0 Å². The van der Waals surface area contributed by atoms with Crippen LogP contribution >= 0.6 is 15.9 Å². The van der Waals surface area contributed by atoms with E-state index in [1.165, 1.54) is 39.9 Å². The number of halogens is 3. The minimum absolute atomic E-state index is 0.222. The summed E-state index contributed by atoms with van der Waals surface area (Å²) in [5.41, 5.74) is 7.77. The first kappa shape index (κ1) is 16.2. The van der Waals surface area contributed by atoms with Gasteiger partial charge in [0.2, 0.25) is 0 Å². The average molecular weight is 353 g/mol. The van der Waals surface area contributed by atoms with E-state index < -0.39 is 11.6 Å². The normalized spacial score (nSPS) is 12.6. The molecular formula is C18H19BrF2. The van der Waals surface area contributed by atoms with Gasteiger partial charge in [0.1, 0.15) is 11.6 Å². The lowest BCUT2D eigenvalue weighted by molar-refractivity contribution is 0.580. The van der Waals surface area contributed by atoms with Crippen LogP contribution < -0.4 is 0 Å². The van der Waals surface area contributed by atoms with Crippen LogP contribution in [0, 0.1) is 46.3 Å². The quantitative estimate of drug-likeness (QED) is 0.582. The highest BCUT2D eigenvalue weighted by Gasteiger charge is 2.20. The Morgan fingerprint density at radius 3 is 1.52 bits per heavy atom. The summed E-state index contributed by atoms with van der Waals surface area (Å²) < 4.78 is 26.9. The molecule has 0 aliphatic rings. The molecule has 0 saturated heterocycles. The van der Waals surface area contributed by atoms with Crippen LogP contribution in [-0.4, -0.2) is 0 Å². The Hall–Kier alpha value is -1.22. The van der Waals surface area contributed by atoms with Crippen molar-refractivity contribution < 1.29 is 8.78 Å². The number of hydrogen-bond acceptors (Lipinski definition) is 0. The second-order valence-corrected chi connectivity index (χ2v) is 6.52. The molecule has 0 heterocycles. The summed E-state index contributed by atoms with van der Waals surface area (Å²) in [6.07, 6.45) is 0. The average Bonchev–Trinajstić information content (AvgIpc) is 2.42. The number of rotatable bonds is 2. The lowest BCUT2D eigenvalue weighted by atomic mass is 9.86. The first-order chi connectivity index (χ1) is 9.73. The van der Waals surface area contributed by atoms with Crippen LogP contribution in [0.4, 0.5) is 8.78 Å². The zero-order valence-electron chi connectivity index (χ0n) is 12.9. The van der Waals surface area contributed by atoms with Crippen molar-refractivity contribution in [1.82, 2.24) is 0 Å². The highest BCUT2D eigenvalue weighted by Crippen LogP contribution is 2.39. The Balaban J connectivity index is 2.66. The molecule has 112 valence electrons. The van der Waals surface area contributed by atoms with Crippen LogP contribution in [0.5, 0.6) is 0 Å². The monoisotopic (exact) mass is 352 g/mol. The van der Waals surface area contributed by atoms with Crippen molar-refractivity contribution in [3.63, 3.8) is 0 Å². The van der Waals surface area contributed by atoms with Crippen LogP contribution in [0.1, 0.15) is 43.8 Å². The van der Waals surface area contributed by atoms with Gasteiger partial charge >= 0.3 is 0 Å². The minimum atomic E-state index is -0.551. The van der Waals surface area contributed by atoms with Crippen LogP contribution in [0.25, 0.3) is 0 Å². The second kappa shape index (κ2) is 5.88. The minimum Gasteiger partial charge on any atom is -0.207 e. The van der Waals surface area contributed by atoms with Crippen LogP contribution in [0.2, 0.25) is 0 Å². The Bertz CT molecular complexity index is 656. The van der Waals surface area contributed by atoms with Gasteiger partial charge in [0.25, 0.3) is 0 Å². The third-order valence-corrected chi connectivity index (χ3v) is 5.48. The van der Waals surface area contributed by atoms with Crippen molar-refractivity contribution >= 4 is 15.9 Å². The van der Waals surface area contributed by atoms with E-state index in [1.807, 2.05) is 0 Å². The molecule has 0 amide bonds. The molecule has 0 bridgehead atoms. The highest BCUT2D eigenvalue weighted by molar-refractivity contribution is 9.09. The maximum Gasteiger partial charge on any atom is 0.126 e. The molecule has 0 spiro atoms. The van der Waals surface area contributed by atoms with Crippen molar-refractivity contribution in [2.24, 2.45) is 0 Å². The van der Waals surface area contributed by atoms with E-state index in [0.717, 1.165) is 11.6 Å². The fraction of sp³-hybridized carbons (Fsp3) is 0.333. The molecule has 1 atom stereocenters. The van der Waals surface area contributed by atoms with Crippen LogP contribution in [0.3, 0.4) is 0 Å². The Morgan fingerprint density at radius 1 is 0.714 bits per heavy atom. The SMILES string of the molecule is Cc1c(C)c(C)c(C(Br)c2cc(F)cc(F)c2)c(C)c1C. The Morgan fingerprint density at radius 2 is 1.10 bits per heavy atom. The van der Waals surface area contributed by atoms with Gasteiger partial charge in [-0.1, -0.05) is 15.9 Å². The molecule has 0 aliphatic heterocycles. The molecule has 0 radical (unpaired) electrons. The molecular weight excluding hydrogens is 334 g/mol. The summed E-state index contributed by atoms with van der Waals surface area (Å²) in [5.74, 6) is -1.10. The molecule has 1 unspecified atom stereocenters. The third kappa shape index (κ3) is 2.89. The van der Waals surface area contributed by atoms with E-state index in [9.17, 15) is 8.78 Å². The zero-order chi connectivity index (χ0) is 15.9. The Kier molecular flexibility index (Phi) is 4.52. The molecule has 2 aromatic carbocycles. The third-order valence-electron chi connectivity index (χ3n) is 4.49. The van der Waals surface area contributed by atoms with Gasteiger partial charge in [0.15, 0.2) is 0 Å². The van der Waals surface area contributed by atoms with Gasteiger partial charge in [-0.2, -0.15) is 0 Å². The molecule has 0 nitrogen and oxygen atoms in total. The first-order valence-corrected chi connectivity index (χ1v) is 7.82. The summed E-state index contributed by atoms with van der Waals surface area (Å²) in [6, 6.07) is 3.66. The van der Waals surface area contributed by atoms with Crippen molar-refractivity contribution in [3.05, 3.63) is 68.8 Å². The topological polar surface area (TPSA) is 0 Å². The summed E-state index contributed by atoms with van der Waals surface area (Å²) in [7, 11) is 0. The van der Waals surface area contributed by atoms with Crippen molar-refractivity contribution in [2.45, 2.75) is 39.4 Å². The second-order valence-electron chi connectivity index (χ2n) is 5.60. The molecule has 0 aromatic heterocycles. The maximum absolute atomic E-state index is 13.5. The van der Waals surface area contributed by atoms with E-state index >= 15 is 0 Å².